The van der Waals surface area contributed by atoms with Crippen LogP contribution in [0, 0.1) is 5.92 Å². The molecular weight excluding hydrogens is 276 g/mol. The van der Waals surface area contributed by atoms with E-state index in [1.54, 1.807) is 24.3 Å². The van der Waals surface area contributed by atoms with E-state index in [9.17, 15) is 19.2 Å². The Hall–Kier alpha value is -2.76. The molecule has 0 radical (unpaired) electrons. The van der Waals surface area contributed by atoms with Gasteiger partial charge >= 0.3 is 11.9 Å². The number of esters is 2. The predicted molar refractivity (Wildman–Crippen MR) is 71.3 cm³/mol. The number of carbonyl (C=O) groups excluding carboxylic acids is 4. The molecule has 1 unspecified atom stereocenters. The first-order chi connectivity index (χ1) is 10.0. The molecule has 1 aromatic carbocycles. The number of ketones is 2. The average molecular weight is 288 g/mol. The molecule has 21 heavy (non-hydrogen) atoms. The number of allylic oxidation sites excluding steroid dienone is 1. The Kier molecular flexibility index (Phi) is 4.27. The highest BCUT2D eigenvalue weighted by Crippen LogP contribution is 2.14. The molecule has 1 fully saturated rings. The molecule has 0 aliphatic carbocycles. The van der Waals surface area contributed by atoms with Gasteiger partial charge in [0.2, 0.25) is 0 Å². The zero-order valence-electron chi connectivity index (χ0n) is 11.2. The molecule has 1 atom stereocenters. The zero-order valence-corrected chi connectivity index (χ0v) is 11.2. The number of methoxy groups -OCH3 is 1. The van der Waals surface area contributed by atoms with Gasteiger partial charge in [0.1, 0.15) is 0 Å². The number of ether oxygens (including phenoxy) is 2. The molecule has 1 aliphatic heterocycles. The summed E-state index contributed by atoms with van der Waals surface area (Å²) >= 11 is 0. The van der Waals surface area contributed by atoms with Crippen molar-refractivity contribution >= 4 is 29.6 Å². The normalized spacial score (nSPS) is 17.9. The second-order valence-corrected chi connectivity index (χ2v) is 4.36. The number of hydrogen-bond donors (Lipinski definition) is 0. The first-order valence-electron chi connectivity index (χ1n) is 6.12. The fourth-order valence-corrected chi connectivity index (χ4v) is 1.84. The van der Waals surface area contributed by atoms with E-state index in [0.29, 0.717) is 11.1 Å². The lowest BCUT2D eigenvalue weighted by atomic mass is 10.0. The third-order valence-electron chi connectivity index (χ3n) is 2.97. The predicted octanol–water partition coefficient (Wildman–Crippen LogP) is 0.798. The van der Waals surface area contributed by atoms with Crippen molar-refractivity contribution in [1.29, 1.82) is 0 Å². The minimum Gasteiger partial charge on any atom is -0.465 e. The van der Waals surface area contributed by atoms with Gasteiger partial charge in [-0.25, -0.2) is 4.79 Å². The number of cyclic esters (lactones) is 1. The van der Waals surface area contributed by atoms with Crippen molar-refractivity contribution in [2.75, 3.05) is 13.7 Å². The molecule has 1 aromatic rings. The summed E-state index contributed by atoms with van der Waals surface area (Å²) in [5, 5.41) is 0. The van der Waals surface area contributed by atoms with Crippen LogP contribution in [-0.2, 0) is 23.9 Å². The van der Waals surface area contributed by atoms with Gasteiger partial charge in [-0.05, 0) is 23.8 Å². The Labute approximate surface area is 120 Å². The van der Waals surface area contributed by atoms with E-state index in [4.69, 9.17) is 0 Å². The lowest BCUT2D eigenvalue weighted by Gasteiger charge is -2.00. The highest BCUT2D eigenvalue weighted by molar-refractivity contribution is 6.24. The van der Waals surface area contributed by atoms with Crippen molar-refractivity contribution in [3.05, 3.63) is 41.5 Å². The monoisotopic (exact) mass is 288 g/mol. The van der Waals surface area contributed by atoms with Crippen molar-refractivity contribution < 1.29 is 28.7 Å². The molecule has 0 aromatic heterocycles. The first kappa shape index (κ1) is 14.6. The summed E-state index contributed by atoms with van der Waals surface area (Å²) in [5.74, 6) is -3.76. The third kappa shape index (κ3) is 3.22. The summed E-state index contributed by atoms with van der Waals surface area (Å²) in [4.78, 5) is 45.6. The van der Waals surface area contributed by atoms with Crippen LogP contribution in [0.15, 0.2) is 30.3 Å². The Balaban J connectivity index is 2.07. The summed E-state index contributed by atoms with van der Waals surface area (Å²) in [6, 6.07) is 6.32. The molecule has 0 spiro atoms. The number of Topliss-reactive ketones (excluding diaryl/α,β-unsaturated/α-hetero) is 1. The van der Waals surface area contributed by atoms with Crippen molar-refractivity contribution in [2.24, 2.45) is 5.92 Å². The smallest absolute Gasteiger partial charge is 0.337 e. The molecule has 0 bridgehead atoms. The van der Waals surface area contributed by atoms with E-state index in [2.05, 4.69) is 9.47 Å². The van der Waals surface area contributed by atoms with Crippen LogP contribution < -0.4 is 0 Å². The van der Waals surface area contributed by atoms with Gasteiger partial charge in [-0.1, -0.05) is 18.2 Å². The van der Waals surface area contributed by atoms with Crippen LogP contribution in [0.25, 0.3) is 6.08 Å². The molecule has 0 amide bonds. The summed E-state index contributed by atoms with van der Waals surface area (Å²) in [6.07, 6.45) is 2.62. The van der Waals surface area contributed by atoms with Crippen LogP contribution >= 0.6 is 0 Å². The van der Waals surface area contributed by atoms with Gasteiger partial charge in [-0.3, -0.25) is 14.4 Å². The van der Waals surface area contributed by atoms with Gasteiger partial charge in [0, 0.05) is 0 Å². The molecule has 6 heteroatoms. The van der Waals surface area contributed by atoms with E-state index in [0.717, 1.165) is 6.08 Å². The van der Waals surface area contributed by atoms with Gasteiger partial charge in [-0.2, -0.15) is 0 Å². The zero-order chi connectivity index (χ0) is 15.4. The third-order valence-corrected chi connectivity index (χ3v) is 2.97. The SMILES string of the molecule is COC(=O)c1ccc(C=CC(=O)C2C(=O)COC2=O)cc1. The molecule has 1 heterocycles. The average Bonchev–Trinajstić information content (AvgIpc) is 2.83. The van der Waals surface area contributed by atoms with Crippen molar-refractivity contribution in [2.45, 2.75) is 0 Å². The Morgan fingerprint density at radius 2 is 1.90 bits per heavy atom. The van der Waals surface area contributed by atoms with Crippen LogP contribution in [0.5, 0.6) is 0 Å². The van der Waals surface area contributed by atoms with Crippen LogP contribution in [0.1, 0.15) is 15.9 Å². The number of hydrogen-bond acceptors (Lipinski definition) is 6. The van der Waals surface area contributed by atoms with E-state index in [1.807, 2.05) is 0 Å². The van der Waals surface area contributed by atoms with Gasteiger partial charge in [0.05, 0.1) is 12.7 Å². The van der Waals surface area contributed by atoms with Crippen LogP contribution in [0.4, 0.5) is 0 Å². The standard InChI is InChI=1S/C15H12O6/c1-20-14(18)10-5-2-9(3-6-10)4-7-11(16)13-12(17)8-21-15(13)19/h2-7,13H,8H2,1H3. The Bertz CT molecular complexity index is 610. The minimum absolute atomic E-state index is 0.350. The largest absolute Gasteiger partial charge is 0.465 e. The fourth-order valence-electron chi connectivity index (χ4n) is 1.84. The highest BCUT2D eigenvalue weighted by atomic mass is 16.5. The Morgan fingerprint density at radius 3 is 2.43 bits per heavy atom. The molecule has 6 nitrogen and oxygen atoms in total. The van der Waals surface area contributed by atoms with Gasteiger partial charge in [0.25, 0.3) is 0 Å². The number of rotatable bonds is 4. The van der Waals surface area contributed by atoms with E-state index in [-0.39, 0.29) is 6.61 Å². The summed E-state index contributed by atoms with van der Waals surface area (Å²) in [6.45, 7) is -0.350. The maximum absolute atomic E-state index is 11.8. The fraction of sp³-hybridized carbons (Fsp3) is 0.200. The van der Waals surface area contributed by atoms with Crippen LogP contribution in [0.3, 0.4) is 0 Å². The molecule has 108 valence electrons. The second-order valence-electron chi connectivity index (χ2n) is 4.36. The minimum atomic E-state index is -1.35. The number of carbonyl (C=O) groups is 4. The second kappa shape index (κ2) is 6.13. The Morgan fingerprint density at radius 1 is 1.24 bits per heavy atom. The maximum Gasteiger partial charge on any atom is 0.337 e. The van der Waals surface area contributed by atoms with Crippen LogP contribution in [0.2, 0.25) is 0 Å². The lowest BCUT2D eigenvalue weighted by molar-refractivity contribution is -0.143. The summed E-state index contributed by atoms with van der Waals surface area (Å²) in [5.41, 5.74) is 1.03. The highest BCUT2D eigenvalue weighted by Gasteiger charge is 2.39. The van der Waals surface area contributed by atoms with E-state index in [1.165, 1.54) is 13.2 Å². The summed E-state index contributed by atoms with van der Waals surface area (Å²) in [7, 11) is 1.28. The maximum atomic E-state index is 11.8. The molecule has 2 rings (SSSR count). The van der Waals surface area contributed by atoms with Gasteiger partial charge in [-0.15, -0.1) is 0 Å². The molecular formula is C15H12O6. The van der Waals surface area contributed by atoms with Gasteiger partial charge < -0.3 is 9.47 Å². The van der Waals surface area contributed by atoms with Crippen LogP contribution in [-0.4, -0.2) is 37.2 Å². The van der Waals surface area contributed by atoms with Crippen molar-refractivity contribution in [3.63, 3.8) is 0 Å². The first-order valence-corrected chi connectivity index (χ1v) is 6.12. The molecule has 1 aliphatic rings. The molecule has 0 saturated carbocycles. The summed E-state index contributed by atoms with van der Waals surface area (Å²) < 4.78 is 9.08. The van der Waals surface area contributed by atoms with Gasteiger partial charge in [0.15, 0.2) is 24.1 Å². The quantitative estimate of drug-likeness (QED) is 0.462. The molecule has 1 saturated heterocycles. The number of benzene rings is 1. The molecule has 0 N–H and O–H groups in total. The van der Waals surface area contributed by atoms with Crippen molar-refractivity contribution in [1.82, 2.24) is 0 Å². The lowest BCUT2D eigenvalue weighted by Crippen LogP contribution is -2.23. The van der Waals surface area contributed by atoms with E-state index >= 15 is 0 Å². The van der Waals surface area contributed by atoms with Crippen molar-refractivity contribution in [3.8, 4) is 0 Å². The topological polar surface area (TPSA) is 86.7 Å². The van der Waals surface area contributed by atoms with E-state index < -0.39 is 29.4 Å².